The summed E-state index contributed by atoms with van der Waals surface area (Å²) < 4.78 is 19.0. The Morgan fingerprint density at radius 3 is 2.73 bits per heavy atom. The number of hydrogen-bond acceptors (Lipinski definition) is 6. The molecule has 0 saturated heterocycles. The molecule has 7 heteroatoms. The van der Waals surface area contributed by atoms with Gasteiger partial charge >= 0.3 is 0 Å². The first-order valence-electron chi connectivity index (χ1n) is 7.94. The Bertz CT molecular complexity index is 1010. The highest BCUT2D eigenvalue weighted by Gasteiger charge is 2.14. The van der Waals surface area contributed by atoms with E-state index in [1.165, 1.54) is 6.07 Å². The van der Waals surface area contributed by atoms with Gasteiger partial charge in [0.05, 0.1) is 30.1 Å². The van der Waals surface area contributed by atoms with Gasteiger partial charge in [0.2, 0.25) is 5.95 Å². The Balaban J connectivity index is 1.68. The molecule has 0 saturated carbocycles. The van der Waals surface area contributed by atoms with Gasteiger partial charge in [-0.15, -0.1) is 0 Å². The van der Waals surface area contributed by atoms with Gasteiger partial charge < -0.3 is 9.73 Å². The highest BCUT2D eigenvalue weighted by Crippen LogP contribution is 2.29. The van der Waals surface area contributed by atoms with Crippen molar-refractivity contribution in [1.82, 2.24) is 19.9 Å². The number of halogens is 1. The Morgan fingerprint density at radius 2 is 1.96 bits per heavy atom. The zero-order valence-electron chi connectivity index (χ0n) is 13.6. The SMILES string of the molecule is Fc1ccccc1CNc1ncc(-c2cnccn2)c(-c2ccoc2)n1. The van der Waals surface area contributed by atoms with Gasteiger partial charge in [-0.2, -0.15) is 0 Å². The van der Waals surface area contributed by atoms with Crippen LogP contribution in [0.2, 0.25) is 0 Å². The van der Waals surface area contributed by atoms with Crippen LogP contribution in [0.1, 0.15) is 5.56 Å². The molecule has 6 nitrogen and oxygen atoms in total. The van der Waals surface area contributed by atoms with Crippen LogP contribution in [-0.2, 0) is 6.54 Å². The zero-order chi connectivity index (χ0) is 17.8. The van der Waals surface area contributed by atoms with Crippen LogP contribution in [0.5, 0.6) is 0 Å². The fourth-order valence-electron chi connectivity index (χ4n) is 2.53. The van der Waals surface area contributed by atoms with E-state index >= 15 is 0 Å². The molecule has 0 unspecified atom stereocenters. The molecule has 1 aromatic carbocycles. The van der Waals surface area contributed by atoms with Crippen LogP contribution in [0.15, 0.2) is 72.1 Å². The van der Waals surface area contributed by atoms with Crippen molar-refractivity contribution >= 4 is 5.95 Å². The van der Waals surface area contributed by atoms with Gasteiger partial charge in [-0.25, -0.2) is 14.4 Å². The van der Waals surface area contributed by atoms with E-state index < -0.39 is 0 Å². The molecule has 0 atom stereocenters. The van der Waals surface area contributed by atoms with E-state index in [0.29, 0.717) is 22.9 Å². The van der Waals surface area contributed by atoms with Crippen LogP contribution in [0.3, 0.4) is 0 Å². The van der Waals surface area contributed by atoms with Crippen molar-refractivity contribution in [2.45, 2.75) is 6.54 Å². The van der Waals surface area contributed by atoms with Crippen molar-refractivity contribution < 1.29 is 8.81 Å². The lowest BCUT2D eigenvalue weighted by Gasteiger charge is -2.10. The second kappa shape index (κ2) is 7.10. The molecule has 3 aromatic heterocycles. The molecular weight excluding hydrogens is 333 g/mol. The average molecular weight is 347 g/mol. The van der Waals surface area contributed by atoms with Gasteiger partial charge in [-0.05, 0) is 12.1 Å². The molecule has 0 radical (unpaired) electrons. The van der Waals surface area contributed by atoms with E-state index in [4.69, 9.17) is 4.42 Å². The fraction of sp³-hybridized carbons (Fsp3) is 0.0526. The molecule has 0 bridgehead atoms. The molecule has 0 aliphatic rings. The quantitative estimate of drug-likeness (QED) is 0.589. The fourth-order valence-corrected chi connectivity index (χ4v) is 2.53. The molecule has 0 aliphatic carbocycles. The topological polar surface area (TPSA) is 76.7 Å². The number of hydrogen-bond donors (Lipinski definition) is 1. The molecule has 4 aromatic rings. The van der Waals surface area contributed by atoms with Crippen molar-refractivity contribution in [3.05, 3.63) is 79.0 Å². The zero-order valence-corrected chi connectivity index (χ0v) is 13.6. The summed E-state index contributed by atoms with van der Waals surface area (Å²) in [6, 6.07) is 8.39. The van der Waals surface area contributed by atoms with Gasteiger partial charge in [0, 0.05) is 41.8 Å². The van der Waals surface area contributed by atoms with Gasteiger partial charge in [-0.1, -0.05) is 18.2 Å². The maximum Gasteiger partial charge on any atom is 0.223 e. The summed E-state index contributed by atoms with van der Waals surface area (Å²) in [6.45, 7) is 0.280. The number of rotatable bonds is 5. The predicted molar refractivity (Wildman–Crippen MR) is 94.5 cm³/mol. The lowest BCUT2D eigenvalue weighted by molar-refractivity contribution is 0.568. The maximum absolute atomic E-state index is 13.8. The monoisotopic (exact) mass is 347 g/mol. The van der Waals surface area contributed by atoms with Crippen molar-refractivity contribution in [3.63, 3.8) is 0 Å². The molecule has 1 N–H and O–H groups in total. The first kappa shape index (κ1) is 15.9. The summed E-state index contributed by atoms with van der Waals surface area (Å²) >= 11 is 0. The van der Waals surface area contributed by atoms with Gasteiger partial charge in [0.15, 0.2) is 0 Å². The normalized spacial score (nSPS) is 10.7. The number of aromatic nitrogens is 4. The smallest absolute Gasteiger partial charge is 0.223 e. The van der Waals surface area contributed by atoms with Crippen molar-refractivity contribution in [2.75, 3.05) is 5.32 Å². The van der Waals surface area contributed by atoms with Crippen LogP contribution in [0, 0.1) is 5.82 Å². The van der Waals surface area contributed by atoms with Crippen LogP contribution >= 0.6 is 0 Å². The van der Waals surface area contributed by atoms with Gasteiger partial charge in [-0.3, -0.25) is 9.97 Å². The lowest BCUT2D eigenvalue weighted by Crippen LogP contribution is -2.06. The Morgan fingerprint density at radius 1 is 1.04 bits per heavy atom. The molecule has 0 spiro atoms. The third kappa shape index (κ3) is 3.27. The summed E-state index contributed by atoms with van der Waals surface area (Å²) in [5, 5.41) is 3.05. The highest BCUT2D eigenvalue weighted by molar-refractivity contribution is 5.78. The lowest BCUT2D eigenvalue weighted by atomic mass is 10.1. The second-order valence-corrected chi connectivity index (χ2v) is 5.50. The summed E-state index contributed by atoms with van der Waals surface area (Å²) in [5.41, 5.74) is 3.38. The minimum atomic E-state index is -0.272. The van der Waals surface area contributed by atoms with E-state index in [-0.39, 0.29) is 12.4 Å². The Hall–Kier alpha value is -3.61. The van der Waals surface area contributed by atoms with E-state index in [1.807, 2.05) is 6.07 Å². The molecule has 0 fully saturated rings. The number of anilines is 1. The minimum absolute atomic E-state index is 0.272. The first-order chi connectivity index (χ1) is 12.8. The van der Waals surface area contributed by atoms with Gasteiger partial charge in [0.1, 0.15) is 5.82 Å². The summed E-state index contributed by atoms with van der Waals surface area (Å²) in [6.07, 6.45) is 9.70. The third-order valence-electron chi connectivity index (χ3n) is 3.82. The first-order valence-corrected chi connectivity index (χ1v) is 7.94. The highest BCUT2D eigenvalue weighted by atomic mass is 19.1. The van der Waals surface area contributed by atoms with E-state index in [0.717, 1.165) is 11.1 Å². The molecule has 4 rings (SSSR count). The molecule has 0 amide bonds. The van der Waals surface area contributed by atoms with Crippen molar-refractivity contribution in [3.8, 4) is 22.5 Å². The predicted octanol–water partition coefficient (Wildman–Crippen LogP) is 3.94. The molecule has 26 heavy (non-hydrogen) atoms. The summed E-state index contributed by atoms with van der Waals surface area (Å²) in [4.78, 5) is 17.3. The van der Waals surface area contributed by atoms with E-state index in [1.54, 1.807) is 55.5 Å². The van der Waals surface area contributed by atoms with Crippen LogP contribution < -0.4 is 5.32 Å². The second-order valence-electron chi connectivity index (χ2n) is 5.50. The van der Waals surface area contributed by atoms with Gasteiger partial charge in [0.25, 0.3) is 0 Å². The van der Waals surface area contributed by atoms with E-state index in [9.17, 15) is 4.39 Å². The Kier molecular flexibility index (Phi) is 4.34. The average Bonchev–Trinajstić information content (AvgIpc) is 3.23. The van der Waals surface area contributed by atoms with Crippen LogP contribution in [-0.4, -0.2) is 19.9 Å². The molecular formula is C19H14FN5O. The third-order valence-corrected chi connectivity index (χ3v) is 3.82. The maximum atomic E-state index is 13.8. The van der Waals surface area contributed by atoms with Crippen LogP contribution in [0.4, 0.5) is 10.3 Å². The van der Waals surface area contributed by atoms with Crippen LogP contribution in [0.25, 0.3) is 22.5 Å². The number of nitrogens with one attached hydrogen (secondary N) is 1. The molecule has 0 aliphatic heterocycles. The summed E-state index contributed by atoms with van der Waals surface area (Å²) in [7, 11) is 0. The number of furan rings is 1. The van der Waals surface area contributed by atoms with Crippen molar-refractivity contribution in [1.29, 1.82) is 0 Å². The molecule has 3 heterocycles. The molecule has 128 valence electrons. The minimum Gasteiger partial charge on any atom is -0.472 e. The van der Waals surface area contributed by atoms with Crippen molar-refractivity contribution in [2.24, 2.45) is 0 Å². The van der Waals surface area contributed by atoms with E-state index in [2.05, 4.69) is 25.3 Å². The largest absolute Gasteiger partial charge is 0.472 e. The number of nitrogens with zero attached hydrogens (tertiary/aromatic N) is 4. The number of benzene rings is 1. The standard InChI is InChI=1S/C19H14FN5O/c20-16-4-2-1-3-13(16)9-23-19-24-10-15(17-11-21-6-7-22-17)18(25-19)14-5-8-26-12-14/h1-8,10-12H,9H2,(H,23,24,25). The Labute approximate surface area is 148 Å². The summed E-state index contributed by atoms with van der Waals surface area (Å²) in [5.74, 6) is 0.114.